The molecule has 20 heavy (non-hydrogen) atoms. The lowest BCUT2D eigenvalue weighted by Gasteiger charge is -2.35. The molecule has 0 atom stereocenters. The number of carbonyl (C=O) groups is 2. The van der Waals surface area contributed by atoms with Crippen LogP contribution in [0.2, 0.25) is 0 Å². The number of piperidine rings is 1. The zero-order valence-electron chi connectivity index (χ0n) is 13.1. The lowest BCUT2D eigenvalue weighted by Crippen LogP contribution is -2.49. The van der Waals surface area contributed by atoms with E-state index < -0.39 is 0 Å². The molecule has 0 spiro atoms. The molecule has 2 amide bonds. The number of carbonyl (C=O) groups excluding carboxylic acids is 2. The lowest BCUT2D eigenvalue weighted by molar-refractivity contribution is -0.136. The van der Waals surface area contributed by atoms with Crippen LogP contribution in [-0.2, 0) is 9.59 Å². The maximum Gasteiger partial charge on any atom is 0.225 e. The summed E-state index contributed by atoms with van der Waals surface area (Å²) in [5.41, 5.74) is -0.337. The first-order chi connectivity index (χ1) is 9.38. The molecule has 114 valence electrons. The smallest absolute Gasteiger partial charge is 0.225 e. The number of amides is 2. The van der Waals surface area contributed by atoms with Gasteiger partial charge >= 0.3 is 0 Å². The maximum absolute atomic E-state index is 12.3. The fourth-order valence-corrected chi connectivity index (χ4v) is 3.08. The largest absolute Gasteiger partial charge is 0.353 e. The molecule has 2 rings (SSSR count). The Kier molecular flexibility index (Phi) is 4.71. The van der Waals surface area contributed by atoms with Crippen LogP contribution in [0.25, 0.3) is 0 Å². The van der Waals surface area contributed by atoms with Gasteiger partial charge in [-0.1, -0.05) is 33.6 Å². The Morgan fingerprint density at radius 3 is 2.05 bits per heavy atom. The zero-order valence-corrected chi connectivity index (χ0v) is 13.1. The average Bonchev–Trinajstić information content (AvgIpc) is 2.91. The summed E-state index contributed by atoms with van der Waals surface area (Å²) in [5, 5.41) is 3.11. The van der Waals surface area contributed by atoms with Crippen LogP contribution in [0.3, 0.4) is 0 Å². The first-order valence-electron chi connectivity index (χ1n) is 7.97. The molecule has 2 aliphatic rings. The number of nitrogens with zero attached hydrogens (tertiary/aromatic N) is 1. The summed E-state index contributed by atoms with van der Waals surface area (Å²) in [5.74, 6) is 0.733. The molecular weight excluding hydrogens is 252 g/mol. The van der Waals surface area contributed by atoms with Crippen LogP contribution in [-0.4, -0.2) is 35.8 Å². The van der Waals surface area contributed by atoms with E-state index in [4.69, 9.17) is 0 Å². The second-order valence-electron chi connectivity index (χ2n) is 7.30. The molecule has 1 saturated heterocycles. The SMILES string of the molecule is CC(C)(C)C(=O)NC1CCN(C(=O)C2CCCC2)CC1. The zero-order chi connectivity index (χ0) is 14.8. The normalized spacial score (nSPS) is 22.1. The van der Waals surface area contributed by atoms with Gasteiger partial charge in [0.05, 0.1) is 0 Å². The van der Waals surface area contributed by atoms with Crippen molar-refractivity contribution in [2.24, 2.45) is 11.3 Å². The topological polar surface area (TPSA) is 49.4 Å². The summed E-state index contributed by atoms with van der Waals surface area (Å²) in [7, 11) is 0. The summed E-state index contributed by atoms with van der Waals surface area (Å²) >= 11 is 0. The second-order valence-corrected chi connectivity index (χ2v) is 7.30. The molecule has 0 unspecified atom stereocenters. The van der Waals surface area contributed by atoms with Crippen LogP contribution in [0.1, 0.15) is 59.3 Å². The van der Waals surface area contributed by atoms with Gasteiger partial charge in [0.1, 0.15) is 0 Å². The van der Waals surface area contributed by atoms with Crippen molar-refractivity contribution < 1.29 is 9.59 Å². The van der Waals surface area contributed by atoms with E-state index in [9.17, 15) is 9.59 Å². The van der Waals surface area contributed by atoms with E-state index in [0.29, 0.717) is 5.91 Å². The Balaban J connectivity index is 1.77. The highest BCUT2D eigenvalue weighted by molar-refractivity contribution is 5.82. The average molecular weight is 280 g/mol. The van der Waals surface area contributed by atoms with Gasteiger partial charge < -0.3 is 10.2 Å². The summed E-state index contributed by atoms with van der Waals surface area (Å²) in [6.07, 6.45) is 6.32. The number of nitrogens with one attached hydrogen (secondary N) is 1. The first kappa shape index (κ1) is 15.3. The molecule has 1 aliphatic heterocycles. The highest BCUT2D eigenvalue weighted by Crippen LogP contribution is 2.27. The number of hydrogen-bond acceptors (Lipinski definition) is 2. The molecule has 0 aromatic carbocycles. The molecule has 1 aliphatic carbocycles. The second kappa shape index (κ2) is 6.15. The third kappa shape index (κ3) is 3.74. The van der Waals surface area contributed by atoms with E-state index in [0.717, 1.165) is 38.8 Å². The van der Waals surface area contributed by atoms with Crippen LogP contribution >= 0.6 is 0 Å². The number of rotatable bonds is 2. The number of hydrogen-bond donors (Lipinski definition) is 1. The van der Waals surface area contributed by atoms with Crippen molar-refractivity contribution in [3.63, 3.8) is 0 Å². The molecule has 1 saturated carbocycles. The minimum atomic E-state index is -0.337. The van der Waals surface area contributed by atoms with Crippen LogP contribution in [0, 0.1) is 11.3 Å². The maximum atomic E-state index is 12.3. The molecule has 1 heterocycles. The minimum Gasteiger partial charge on any atom is -0.353 e. The molecular formula is C16H28N2O2. The van der Waals surface area contributed by atoms with E-state index in [1.54, 1.807) is 0 Å². The summed E-state index contributed by atoms with van der Waals surface area (Å²) in [6.45, 7) is 7.39. The van der Waals surface area contributed by atoms with E-state index in [1.807, 2.05) is 25.7 Å². The van der Waals surface area contributed by atoms with Crippen LogP contribution in [0.15, 0.2) is 0 Å². The van der Waals surface area contributed by atoms with Gasteiger partial charge in [0.25, 0.3) is 0 Å². The summed E-state index contributed by atoms with van der Waals surface area (Å²) in [4.78, 5) is 26.3. The molecule has 2 fully saturated rings. The van der Waals surface area contributed by atoms with Gasteiger partial charge in [0.15, 0.2) is 0 Å². The molecule has 0 radical (unpaired) electrons. The minimum absolute atomic E-state index is 0.109. The van der Waals surface area contributed by atoms with Gasteiger partial charge in [-0.25, -0.2) is 0 Å². The Bertz CT molecular complexity index is 359. The van der Waals surface area contributed by atoms with Gasteiger partial charge in [0.2, 0.25) is 11.8 Å². The molecule has 4 heteroatoms. The van der Waals surface area contributed by atoms with Gasteiger partial charge in [-0.2, -0.15) is 0 Å². The Morgan fingerprint density at radius 1 is 1.00 bits per heavy atom. The summed E-state index contributed by atoms with van der Waals surface area (Å²) < 4.78 is 0. The summed E-state index contributed by atoms with van der Waals surface area (Å²) in [6, 6.07) is 0.231. The van der Waals surface area contributed by atoms with E-state index in [2.05, 4.69) is 5.32 Å². The molecule has 0 bridgehead atoms. The third-order valence-electron chi connectivity index (χ3n) is 4.53. The van der Waals surface area contributed by atoms with Gasteiger partial charge in [-0.3, -0.25) is 9.59 Å². The Morgan fingerprint density at radius 2 is 1.55 bits per heavy atom. The molecule has 0 aromatic rings. The molecule has 0 aromatic heterocycles. The highest BCUT2D eigenvalue weighted by Gasteiger charge is 2.31. The standard InChI is InChI=1S/C16H28N2O2/c1-16(2,3)15(20)17-13-8-10-18(11-9-13)14(19)12-6-4-5-7-12/h12-13H,4-11H2,1-3H3,(H,17,20). The van der Waals surface area contributed by atoms with E-state index in [-0.39, 0.29) is 23.3 Å². The highest BCUT2D eigenvalue weighted by atomic mass is 16.2. The number of likely N-dealkylation sites (tertiary alicyclic amines) is 1. The van der Waals surface area contributed by atoms with Crippen LogP contribution < -0.4 is 5.32 Å². The molecule has 1 N–H and O–H groups in total. The predicted molar refractivity (Wildman–Crippen MR) is 79.2 cm³/mol. The van der Waals surface area contributed by atoms with Crippen molar-refractivity contribution in [2.45, 2.75) is 65.3 Å². The predicted octanol–water partition coefficient (Wildman–Crippen LogP) is 2.33. The van der Waals surface area contributed by atoms with Crippen LogP contribution in [0.4, 0.5) is 0 Å². The van der Waals surface area contributed by atoms with Crippen molar-refractivity contribution in [3.05, 3.63) is 0 Å². The Hall–Kier alpha value is -1.06. The first-order valence-corrected chi connectivity index (χ1v) is 7.97. The van der Waals surface area contributed by atoms with Crippen molar-refractivity contribution >= 4 is 11.8 Å². The van der Waals surface area contributed by atoms with Crippen LogP contribution in [0.5, 0.6) is 0 Å². The van der Waals surface area contributed by atoms with E-state index >= 15 is 0 Å². The van der Waals surface area contributed by atoms with Gasteiger partial charge in [-0.15, -0.1) is 0 Å². The third-order valence-corrected chi connectivity index (χ3v) is 4.53. The molecule has 4 nitrogen and oxygen atoms in total. The van der Waals surface area contributed by atoms with Crippen molar-refractivity contribution in [2.75, 3.05) is 13.1 Å². The Labute approximate surface area is 122 Å². The van der Waals surface area contributed by atoms with Gasteiger partial charge in [0, 0.05) is 30.5 Å². The lowest BCUT2D eigenvalue weighted by atomic mass is 9.94. The monoisotopic (exact) mass is 280 g/mol. The fraction of sp³-hybridized carbons (Fsp3) is 0.875. The van der Waals surface area contributed by atoms with Crippen molar-refractivity contribution in [1.82, 2.24) is 10.2 Å². The van der Waals surface area contributed by atoms with Crippen molar-refractivity contribution in [3.8, 4) is 0 Å². The fourth-order valence-electron chi connectivity index (χ4n) is 3.08. The van der Waals surface area contributed by atoms with Crippen molar-refractivity contribution in [1.29, 1.82) is 0 Å². The quantitative estimate of drug-likeness (QED) is 0.844. The van der Waals surface area contributed by atoms with Gasteiger partial charge in [-0.05, 0) is 25.7 Å². The van der Waals surface area contributed by atoms with E-state index in [1.165, 1.54) is 12.8 Å².